The van der Waals surface area contributed by atoms with Crippen LogP contribution in [0.2, 0.25) is 0 Å². The van der Waals surface area contributed by atoms with E-state index in [0.29, 0.717) is 50.5 Å². The average Bonchev–Trinajstić information content (AvgIpc) is 3.02. The fourth-order valence-electron chi connectivity index (χ4n) is 5.79. The second-order valence-corrected chi connectivity index (χ2v) is 12.8. The van der Waals surface area contributed by atoms with Gasteiger partial charge in [-0.15, -0.1) is 0 Å². The van der Waals surface area contributed by atoms with Crippen LogP contribution in [0.4, 0.5) is 0 Å². The summed E-state index contributed by atoms with van der Waals surface area (Å²) < 4.78 is 0. The Bertz CT molecular complexity index is 1290. The fourth-order valence-corrected chi connectivity index (χ4v) is 5.79. The highest BCUT2D eigenvalue weighted by molar-refractivity contribution is 6.06. The van der Waals surface area contributed by atoms with Gasteiger partial charge >= 0.3 is 23.7 Å². The number of aryl methyl sites for hydroxylation is 1. The number of benzene rings is 1. The van der Waals surface area contributed by atoms with Crippen molar-refractivity contribution in [3.63, 3.8) is 0 Å². The van der Waals surface area contributed by atoms with Gasteiger partial charge in [0, 0.05) is 38.7 Å². The lowest BCUT2D eigenvalue weighted by Gasteiger charge is -2.27. The molecule has 49 heavy (non-hydrogen) atoms. The second-order valence-electron chi connectivity index (χ2n) is 12.8. The predicted octanol–water partition coefficient (Wildman–Crippen LogP) is 5.36. The van der Waals surface area contributed by atoms with Crippen LogP contribution in [-0.2, 0) is 25.7 Å². The predicted molar refractivity (Wildman–Crippen MR) is 192 cm³/mol. The van der Waals surface area contributed by atoms with E-state index in [2.05, 4.69) is 27.3 Å². The number of carboxylic acids is 3. The second kappa shape index (κ2) is 24.9. The molecule has 4 N–H and O–H groups in total. The topological polar surface area (TPSA) is 177 Å². The maximum absolute atomic E-state index is 13.2. The molecule has 0 saturated carbocycles. The Morgan fingerprint density at radius 1 is 0.898 bits per heavy atom. The van der Waals surface area contributed by atoms with E-state index >= 15 is 0 Å². The van der Waals surface area contributed by atoms with E-state index in [0.717, 1.165) is 49.7 Å². The van der Waals surface area contributed by atoms with Crippen molar-refractivity contribution >= 4 is 35.9 Å². The van der Waals surface area contributed by atoms with Crippen LogP contribution in [0.15, 0.2) is 28.4 Å². The molecule has 0 spiro atoms. The number of hydrogen-bond acceptors (Lipinski definition) is 8. The number of aliphatic carboxylic acids is 3. The summed E-state index contributed by atoms with van der Waals surface area (Å²) in [6, 6.07) is 5.66. The molecule has 13 nitrogen and oxygen atoms in total. The van der Waals surface area contributed by atoms with Crippen LogP contribution in [0.25, 0.3) is 4.85 Å². The number of amidine groups is 1. The van der Waals surface area contributed by atoms with Crippen molar-refractivity contribution in [2.24, 2.45) is 22.0 Å². The normalized spacial score (nSPS) is 13.0. The van der Waals surface area contributed by atoms with E-state index in [1.54, 1.807) is 6.92 Å². The number of carboxylic acid groups (broad SMARTS) is 3. The summed E-state index contributed by atoms with van der Waals surface area (Å²) in [5.41, 5.74) is 2.44. The first kappa shape index (κ1) is 42.9. The van der Waals surface area contributed by atoms with Crippen LogP contribution < -0.4 is 5.32 Å². The standard InChI is InChI=1S/C36H56N6O7/c1-6-16-41(26-35(48)49)18-19-42(17-15-29(23-34(46)47)13-9-8-11-27(3)12-10-14-33(44)45)25-32(43)38-24-30-20-28(4)21-31(22-30)36(37-5)40-39-7-2/h5,7,20-22,27,29H,6,8-19,23-26H2,1-4H3,(H3-,38,43,44,45,46,47,48,49)/p+1/b39-7-,40-36-. The Labute approximate surface area is 291 Å². The van der Waals surface area contributed by atoms with Gasteiger partial charge in [0.2, 0.25) is 5.91 Å². The zero-order valence-electron chi connectivity index (χ0n) is 29.8. The third kappa shape index (κ3) is 20.7. The highest BCUT2D eigenvalue weighted by atomic mass is 16.4. The number of unbranched alkanes of at least 4 members (excludes halogenated alkanes) is 1. The lowest BCUT2D eigenvalue weighted by molar-refractivity contribution is -0.139. The molecule has 1 rings (SSSR count). The van der Waals surface area contributed by atoms with Crippen LogP contribution in [-0.4, -0.2) is 100 Å². The van der Waals surface area contributed by atoms with Crippen LogP contribution >= 0.6 is 0 Å². The summed E-state index contributed by atoms with van der Waals surface area (Å²) in [7, 11) is 0. The molecular weight excluding hydrogens is 628 g/mol. The number of hydrogen-bond donors (Lipinski definition) is 4. The minimum atomic E-state index is -0.912. The number of carbonyl (C=O) groups excluding carboxylic acids is 1. The number of nitrogens with one attached hydrogen (secondary N) is 1. The molecule has 0 aliphatic carbocycles. The monoisotopic (exact) mass is 685 g/mol. The van der Waals surface area contributed by atoms with Crippen molar-refractivity contribution in [2.45, 2.75) is 98.4 Å². The molecule has 0 aromatic heterocycles. The highest BCUT2D eigenvalue weighted by Crippen LogP contribution is 2.22. The molecule has 0 radical (unpaired) electrons. The van der Waals surface area contributed by atoms with Crippen molar-refractivity contribution in [2.75, 3.05) is 39.3 Å². The minimum absolute atomic E-state index is 0.0365. The summed E-state index contributed by atoms with van der Waals surface area (Å²) >= 11 is 0. The van der Waals surface area contributed by atoms with Crippen molar-refractivity contribution in [1.82, 2.24) is 15.1 Å². The number of rotatable bonds is 27. The molecule has 2 atom stereocenters. The van der Waals surface area contributed by atoms with Gasteiger partial charge in [0.25, 0.3) is 0 Å². The van der Waals surface area contributed by atoms with E-state index in [1.165, 1.54) is 6.21 Å². The third-order valence-electron chi connectivity index (χ3n) is 8.24. The smallest absolute Gasteiger partial charge is 0.457 e. The lowest BCUT2D eigenvalue weighted by atomic mass is 9.91. The molecule has 0 aliphatic heterocycles. The molecule has 0 fully saturated rings. The van der Waals surface area contributed by atoms with Gasteiger partial charge in [-0.1, -0.05) is 45.6 Å². The molecule has 2 unspecified atom stereocenters. The van der Waals surface area contributed by atoms with Gasteiger partial charge < -0.3 is 20.6 Å². The quantitative estimate of drug-likeness (QED) is 0.0411. The molecule has 13 heteroatoms. The van der Waals surface area contributed by atoms with Crippen molar-refractivity contribution < 1.29 is 34.5 Å². The molecule has 0 saturated heterocycles. The summed E-state index contributed by atoms with van der Waals surface area (Å²) in [5, 5.41) is 38.7. The molecule has 272 valence electrons. The average molecular weight is 686 g/mol. The largest absolute Gasteiger partial charge is 0.481 e. The maximum Gasteiger partial charge on any atom is 0.457 e. The van der Waals surface area contributed by atoms with Gasteiger partial charge in [0.05, 0.1) is 23.8 Å². The number of carbonyl (C=O) groups is 4. The van der Waals surface area contributed by atoms with E-state index < -0.39 is 17.9 Å². The van der Waals surface area contributed by atoms with Crippen molar-refractivity contribution in [1.29, 1.82) is 0 Å². The van der Waals surface area contributed by atoms with Crippen LogP contribution in [0.5, 0.6) is 0 Å². The van der Waals surface area contributed by atoms with Gasteiger partial charge in [0.1, 0.15) is 6.57 Å². The Kier molecular flexibility index (Phi) is 21.8. The summed E-state index contributed by atoms with van der Waals surface area (Å²) in [5.74, 6) is -2.15. The fraction of sp³-hybridized carbons (Fsp3) is 0.639. The molecule has 0 heterocycles. The molecule has 1 amide bonds. The summed E-state index contributed by atoms with van der Waals surface area (Å²) in [6.45, 7) is 15.5. The van der Waals surface area contributed by atoms with E-state index in [1.807, 2.05) is 41.8 Å². The number of nitrogens with zero attached hydrogens (tertiary/aromatic N) is 5. The van der Waals surface area contributed by atoms with Crippen molar-refractivity contribution in [3.8, 4) is 6.57 Å². The Balaban J connectivity index is 2.93. The first-order chi connectivity index (χ1) is 23.4. The first-order valence-corrected chi connectivity index (χ1v) is 17.3. The first-order valence-electron chi connectivity index (χ1n) is 17.3. The van der Waals surface area contributed by atoms with Gasteiger partial charge in [0.15, 0.2) is 0 Å². The summed E-state index contributed by atoms with van der Waals surface area (Å²) in [4.78, 5) is 54.7. The van der Waals surface area contributed by atoms with E-state index in [9.17, 15) is 29.4 Å². The molecule has 1 aromatic rings. The number of amides is 1. The van der Waals surface area contributed by atoms with Crippen LogP contribution in [0.3, 0.4) is 0 Å². The molecular formula is C36H57N6O7+. The van der Waals surface area contributed by atoms with E-state index in [4.69, 9.17) is 11.7 Å². The Hall–Kier alpha value is -4.15. The highest BCUT2D eigenvalue weighted by Gasteiger charge is 2.20. The lowest BCUT2D eigenvalue weighted by Crippen LogP contribution is -2.43. The molecule has 1 aromatic carbocycles. The third-order valence-corrected chi connectivity index (χ3v) is 8.24. The Morgan fingerprint density at radius 3 is 2.18 bits per heavy atom. The zero-order valence-corrected chi connectivity index (χ0v) is 29.8. The molecule has 0 bridgehead atoms. The Morgan fingerprint density at radius 2 is 1.57 bits per heavy atom. The SMILES string of the molecule is C#[N+]/C(=N\N=C/C)c1cc(C)cc(CNC(=O)CN(CCC(CCCCC(C)CCCC(=O)O)CC(=O)O)CCN(CCC)CC(=O)O)c1. The maximum atomic E-state index is 13.2. The van der Waals surface area contributed by atoms with Gasteiger partial charge in [-0.3, -0.25) is 29.0 Å². The van der Waals surface area contributed by atoms with Crippen LogP contribution in [0, 0.1) is 25.3 Å². The van der Waals surface area contributed by atoms with Crippen LogP contribution in [0.1, 0.15) is 102 Å². The zero-order chi connectivity index (χ0) is 36.6. The minimum Gasteiger partial charge on any atom is -0.481 e. The van der Waals surface area contributed by atoms with E-state index in [-0.39, 0.29) is 50.1 Å². The van der Waals surface area contributed by atoms with Gasteiger partial charge in [-0.05, 0) is 92.8 Å². The van der Waals surface area contributed by atoms with Gasteiger partial charge in [-0.25, -0.2) is 0 Å². The van der Waals surface area contributed by atoms with Gasteiger partial charge in [-0.2, -0.15) is 4.85 Å². The molecule has 0 aliphatic rings. The summed E-state index contributed by atoms with van der Waals surface area (Å²) in [6.07, 6.45) is 8.16. The van der Waals surface area contributed by atoms with Crippen molar-refractivity contribution in [3.05, 3.63) is 39.7 Å².